The van der Waals surface area contributed by atoms with Gasteiger partial charge in [0.1, 0.15) is 0 Å². The highest BCUT2D eigenvalue weighted by molar-refractivity contribution is 6.04. The van der Waals surface area contributed by atoms with Crippen molar-refractivity contribution in [3.63, 3.8) is 0 Å². The third-order valence-electron chi connectivity index (χ3n) is 3.07. The number of carbonyl (C=O) groups is 2. The summed E-state index contributed by atoms with van der Waals surface area (Å²) in [6, 6.07) is 13.4. The smallest absolute Gasteiger partial charge is 0.255 e. The second-order valence-corrected chi connectivity index (χ2v) is 6.36. The summed E-state index contributed by atoms with van der Waals surface area (Å²) in [6.07, 6.45) is 0. The quantitative estimate of drug-likeness (QED) is 0.762. The van der Waals surface area contributed by atoms with E-state index in [4.69, 9.17) is 5.73 Å². The number of benzene rings is 2. The molecule has 120 valence electrons. The molecule has 0 aromatic heterocycles. The minimum Gasteiger partial charge on any atom is -0.399 e. The molecule has 23 heavy (non-hydrogen) atoms. The molecule has 0 spiro atoms. The maximum atomic E-state index is 12.1. The van der Waals surface area contributed by atoms with Crippen LogP contribution in [-0.4, -0.2) is 17.4 Å². The molecule has 4 N–H and O–H groups in total. The van der Waals surface area contributed by atoms with E-state index in [1.165, 1.54) is 0 Å². The van der Waals surface area contributed by atoms with Crippen LogP contribution in [0.3, 0.4) is 0 Å². The zero-order valence-corrected chi connectivity index (χ0v) is 13.5. The summed E-state index contributed by atoms with van der Waals surface area (Å²) in [5, 5.41) is 5.67. The molecular formula is C18H21N3O2. The number of hydrogen-bond acceptors (Lipinski definition) is 3. The molecule has 2 aromatic rings. The first-order chi connectivity index (χ1) is 10.7. The van der Waals surface area contributed by atoms with Crippen LogP contribution in [0.15, 0.2) is 48.5 Å². The molecule has 5 nitrogen and oxygen atoms in total. The SMILES string of the molecule is CC(C)(C)NC(=O)c1ccc(NC(=O)c2ccc(N)cc2)cc1. The van der Waals surface area contributed by atoms with Gasteiger partial charge in [-0.15, -0.1) is 0 Å². The minimum absolute atomic E-state index is 0.145. The van der Waals surface area contributed by atoms with Gasteiger partial charge < -0.3 is 16.4 Å². The van der Waals surface area contributed by atoms with Gasteiger partial charge in [0, 0.05) is 28.0 Å². The monoisotopic (exact) mass is 311 g/mol. The van der Waals surface area contributed by atoms with E-state index in [2.05, 4.69) is 10.6 Å². The Morgan fingerprint density at radius 1 is 0.826 bits per heavy atom. The fourth-order valence-corrected chi connectivity index (χ4v) is 1.96. The molecular weight excluding hydrogens is 290 g/mol. The fourth-order valence-electron chi connectivity index (χ4n) is 1.96. The van der Waals surface area contributed by atoms with Gasteiger partial charge >= 0.3 is 0 Å². The van der Waals surface area contributed by atoms with Crippen molar-refractivity contribution in [2.45, 2.75) is 26.3 Å². The van der Waals surface area contributed by atoms with Crippen LogP contribution in [0.25, 0.3) is 0 Å². The second-order valence-electron chi connectivity index (χ2n) is 6.36. The number of carbonyl (C=O) groups excluding carboxylic acids is 2. The second kappa shape index (κ2) is 6.52. The average molecular weight is 311 g/mol. The minimum atomic E-state index is -0.293. The maximum absolute atomic E-state index is 12.1. The van der Waals surface area contributed by atoms with Crippen LogP contribution < -0.4 is 16.4 Å². The molecule has 0 aliphatic heterocycles. The topological polar surface area (TPSA) is 84.2 Å². The van der Waals surface area contributed by atoms with Gasteiger partial charge in [0.2, 0.25) is 0 Å². The molecule has 0 aliphatic carbocycles. The van der Waals surface area contributed by atoms with Crippen molar-refractivity contribution in [1.29, 1.82) is 0 Å². The standard InChI is InChI=1S/C18H21N3O2/c1-18(2,3)21-17(23)13-6-10-15(11-7-13)20-16(22)12-4-8-14(19)9-5-12/h4-11H,19H2,1-3H3,(H,20,22)(H,21,23). The van der Waals surface area contributed by atoms with Gasteiger partial charge in [0.25, 0.3) is 11.8 Å². The molecule has 0 saturated heterocycles. The largest absolute Gasteiger partial charge is 0.399 e. The van der Waals surface area contributed by atoms with E-state index < -0.39 is 0 Å². The van der Waals surface area contributed by atoms with Crippen molar-refractivity contribution in [1.82, 2.24) is 5.32 Å². The number of nitrogens with two attached hydrogens (primary N) is 1. The van der Waals surface area contributed by atoms with E-state index in [1.54, 1.807) is 48.5 Å². The first-order valence-electron chi connectivity index (χ1n) is 7.34. The molecule has 0 unspecified atom stereocenters. The van der Waals surface area contributed by atoms with Gasteiger partial charge in [-0.05, 0) is 69.3 Å². The Kier molecular flexibility index (Phi) is 4.69. The van der Waals surface area contributed by atoms with E-state index in [0.29, 0.717) is 22.5 Å². The van der Waals surface area contributed by atoms with E-state index in [0.717, 1.165) is 0 Å². The van der Waals surface area contributed by atoms with Gasteiger partial charge in [-0.25, -0.2) is 0 Å². The molecule has 2 amide bonds. The van der Waals surface area contributed by atoms with Crippen molar-refractivity contribution < 1.29 is 9.59 Å². The molecule has 2 rings (SSSR count). The van der Waals surface area contributed by atoms with Gasteiger partial charge in [-0.3, -0.25) is 9.59 Å². The summed E-state index contributed by atoms with van der Waals surface area (Å²) < 4.78 is 0. The molecule has 0 atom stereocenters. The van der Waals surface area contributed by atoms with Crippen LogP contribution in [0.2, 0.25) is 0 Å². The van der Waals surface area contributed by atoms with Crippen LogP contribution in [0.5, 0.6) is 0 Å². The number of rotatable bonds is 3. The maximum Gasteiger partial charge on any atom is 0.255 e. The van der Waals surface area contributed by atoms with Crippen molar-refractivity contribution in [3.8, 4) is 0 Å². The Labute approximate surface area is 135 Å². The predicted octanol–water partition coefficient (Wildman–Crippen LogP) is 3.05. The highest BCUT2D eigenvalue weighted by atomic mass is 16.2. The first kappa shape index (κ1) is 16.5. The molecule has 5 heteroatoms. The molecule has 0 heterocycles. The predicted molar refractivity (Wildman–Crippen MR) is 92.5 cm³/mol. The lowest BCUT2D eigenvalue weighted by Gasteiger charge is -2.20. The Balaban J connectivity index is 2.04. The number of nitrogens with one attached hydrogen (secondary N) is 2. The third-order valence-corrected chi connectivity index (χ3v) is 3.07. The average Bonchev–Trinajstić information content (AvgIpc) is 2.46. The third kappa shape index (κ3) is 4.85. The lowest BCUT2D eigenvalue weighted by atomic mass is 10.1. The molecule has 0 saturated carbocycles. The van der Waals surface area contributed by atoms with Gasteiger partial charge in [0.05, 0.1) is 0 Å². The van der Waals surface area contributed by atoms with Crippen molar-refractivity contribution in [2.24, 2.45) is 0 Å². The Morgan fingerprint density at radius 2 is 1.30 bits per heavy atom. The molecule has 0 aliphatic rings. The zero-order valence-electron chi connectivity index (χ0n) is 13.5. The van der Waals surface area contributed by atoms with Crippen LogP contribution in [-0.2, 0) is 0 Å². The molecule has 0 bridgehead atoms. The molecule has 0 fully saturated rings. The number of nitrogen functional groups attached to an aromatic ring is 1. The van der Waals surface area contributed by atoms with Crippen LogP contribution >= 0.6 is 0 Å². The van der Waals surface area contributed by atoms with Crippen molar-refractivity contribution >= 4 is 23.2 Å². The summed E-state index contributed by atoms with van der Waals surface area (Å²) in [7, 11) is 0. The highest BCUT2D eigenvalue weighted by Crippen LogP contribution is 2.13. The van der Waals surface area contributed by atoms with Crippen molar-refractivity contribution in [3.05, 3.63) is 59.7 Å². The summed E-state index contributed by atoms with van der Waals surface area (Å²) in [4.78, 5) is 24.1. The van der Waals surface area contributed by atoms with E-state index in [9.17, 15) is 9.59 Å². The zero-order chi connectivity index (χ0) is 17.0. The van der Waals surface area contributed by atoms with Gasteiger partial charge in [-0.1, -0.05) is 0 Å². The van der Waals surface area contributed by atoms with Crippen molar-refractivity contribution in [2.75, 3.05) is 11.1 Å². The Morgan fingerprint density at radius 3 is 1.83 bits per heavy atom. The van der Waals surface area contributed by atoms with Gasteiger partial charge in [0.15, 0.2) is 0 Å². The summed E-state index contributed by atoms with van der Waals surface area (Å²) in [6.45, 7) is 5.77. The lowest BCUT2D eigenvalue weighted by molar-refractivity contribution is 0.0919. The highest BCUT2D eigenvalue weighted by Gasteiger charge is 2.15. The van der Waals surface area contributed by atoms with E-state index in [1.807, 2.05) is 20.8 Å². The number of anilines is 2. The Hall–Kier alpha value is -2.82. The first-order valence-corrected chi connectivity index (χ1v) is 7.34. The van der Waals surface area contributed by atoms with E-state index in [-0.39, 0.29) is 17.4 Å². The Bertz CT molecular complexity index is 699. The number of amides is 2. The van der Waals surface area contributed by atoms with E-state index >= 15 is 0 Å². The fraction of sp³-hybridized carbons (Fsp3) is 0.222. The summed E-state index contributed by atoms with van der Waals surface area (Å²) in [5.74, 6) is -0.370. The van der Waals surface area contributed by atoms with Gasteiger partial charge in [-0.2, -0.15) is 0 Å². The molecule has 0 radical (unpaired) electrons. The van der Waals surface area contributed by atoms with Crippen LogP contribution in [0, 0.1) is 0 Å². The van der Waals surface area contributed by atoms with Crippen LogP contribution in [0.1, 0.15) is 41.5 Å². The normalized spacial score (nSPS) is 10.9. The molecule has 2 aromatic carbocycles. The lowest BCUT2D eigenvalue weighted by Crippen LogP contribution is -2.40. The van der Waals surface area contributed by atoms with Crippen LogP contribution in [0.4, 0.5) is 11.4 Å². The summed E-state index contributed by atoms with van der Waals surface area (Å²) in [5.41, 5.74) is 7.61. The number of hydrogen-bond donors (Lipinski definition) is 3. The summed E-state index contributed by atoms with van der Waals surface area (Å²) >= 11 is 0.